The van der Waals surface area contributed by atoms with Gasteiger partial charge in [0, 0.05) is 39.9 Å². The summed E-state index contributed by atoms with van der Waals surface area (Å²) in [6.45, 7) is 6.15. The van der Waals surface area contributed by atoms with E-state index in [1.165, 1.54) is 22.5 Å². The van der Waals surface area contributed by atoms with Crippen molar-refractivity contribution in [2.45, 2.75) is 32.6 Å². The molecule has 3 heterocycles. The van der Waals surface area contributed by atoms with Gasteiger partial charge in [0.15, 0.2) is 5.13 Å². The fraction of sp³-hybridized carbons (Fsp3) is 0.348. The minimum Gasteiger partial charge on any atom is -0.301 e. The number of nitrogens with zero attached hydrogens (tertiary/aromatic N) is 3. The van der Waals surface area contributed by atoms with Crippen LogP contribution in [0.1, 0.15) is 39.7 Å². The third-order valence-corrected chi connectivity index (χ3v) is 6.32. The van der Waals surface area contributed by atoms with Gasteiger partial charge < -0.3 is 5.32 Å². The number of nitrogens with one attached hydrogen (secondary N) is 1. The van der Waals surface area contributed by atoms with E-state index in [-0.39, 0.29) is 5.91 Å². The van der Waals surface area contributed by atoms with Gasteiger partial charge in [-0.3, -0.25) is 14.7 Å². The number of halogens is 1. The van der Waals surface area contributed by atoms with Gasteiger partial charge in [0.25, 0.3) is 0 Å². The number of rotatable bonds is 6. The number of carbonyl (C=O) groups excluding carboxylic acids is 1. The SMILES string of the molecule is Cc1cc(Cc2cccc(Cl)c2)cc(C2CCN(CC(=O)Nc3ncc(C)s3)C2)n1. The van der Waals surface area contributed by atoms with Crippen molar-refractivity contribution >= 4 is 34.0 Å². The van der Waals surface area contributed by atoms with Crippen LogP contribution in [0.4, 0.5) is 5.13 Å². The molecule has 7 heteroatoms. The monoisotopic (exact) mass is 440 g/mol. The van der Waals surface area contributed by atoms with Crippen molar-refractivity contribution in [3.8, 4) is 0 Å². The molecule has 0 saturated carbocycles. The highest BCUT2D eigenvalue weighted by molar-refractivity contribution is 7.15. The van der Waals surface area contributed by atoms with Crippen molar-refractivity contribution < 1.29 is 4.79 Å². The summed E-state index contributed by atoms with van der Waals surface area (Å²) in [5.41, 5.74) is 4.58. The van der Waals surface area contributed by atoms with Crippen LogP contribution in [0.5, 0.6) is 0 Å². The molecule has 0 spiro atoms. The molecular formula is C23H25ClN4OS. The molecule has 1 fully saturated rings. The van der Waals surface area contributed by atoms with Gasteiger partial charge in [0.05, 0.1) is 6.54 Å². The second kappa shape index (κ2) is 9.25. The average molecular weight is 441 g/mol. The fourth-order valence-corrected chi connectivity index (χ4v) is 4.85. The zero-order chi connectivity index (χ0) is 21.1. The van der Waals surface area contributed by atoms with Crippen LogP contribution in [-0.2, 0) is 11.2 Å². The number of anilines is 1. The van der Waals surface area contributed by atoms with Gasteiger partial charge in [0.1, 0.15) is 0 Å². The van der Waals surface area contributed by atoms with Gasteiger partial charge in [-0.25, -0.2) is 4.98 Å². The predicted molar refractivity (Wildman–Crippen MR) is 123 cm³/mol. The number of aryl methyl sites for hydroxylation is 2. The Kier molecular flexibility index (Phi) is 6.46. The van der Waals surface area contributed by atoms with Gasteiger partial charge in [0.2, 0.25) is 5.91 Å². The lowest BCUT2D eigenvalue weighted by molar-refractivity contribution is -0.117. The molecule has 0 radical (unpaired) electrons. The standard InChI is InChI=1S/C23H25ClN4OS/c1-15-8-18(9-17-4-3-5-20(24)10-17)11-21(26-15)19-6-7-28(13-19)14-22(29)27-23-25-12-16(2)30-23/h3-5,8,10-12,19H,6-7,9,13-14H2,1-2H3,(H,25,27,29). The summed E-state index contributed by atoms with van der Waals surface area (Å²) in [5.74, 6) is 0.335. The van der Waals surface area contributed by atoms with E-state index in [0.717, 1.165) is 47.2 Å². The first kappa shape index (κ1) is 21.0. The summed E-state index contributed by atoms with van der Waals surface area (Å²) in [6, 6.07) is 12.3. The minimum absolute atomic E-state index is 0.0103. The maximum Gasteiger partial charge on any atom is 0.240 e. The van der Waals surface area contributed by atoms with E-state index in [1.807, 2.05) is 32.0 Å². The maximum atomic E-state index is 12.3. The summed E-state index contributed by atoms with van der Waals surface area (Å²) < 4.78 is 0. The van der Waals surface area contributed by atoms with E-state index in [1.54, 1.807) is 6.20 Å². The van der Waals surface area contributed by atoms with Crippen LogP contribution < -0.4 is 5.32 Å². The highest BCUT2D eigenvalue weighted by atomic mass is 35.5. The number of likely N-dealkylation sites (tertiary alicyclic amines) is 1. The number of benzene rings is 1. The van der Waals surface area contributed by atoms with Gasteiger partial charge in [-0.15, -0.1) is 11.3 Å². The van der Waals surface area contributed by atoms with E-state index in [0.29, 0.717) is 17.6 Å². The second-order valence-corrected chi connectivity index (χ2v) is 9.56. The normalized spacial score (nSPS) is 16.7. The molecule has 1 aliphatic rings. The fourth-order valence-electron chi connectivity index (χ4n) is 3.95. The van der Waals surface area contributed by atoms with Crippen LogP contribution in [0.3, 0.4) is 0 Å². The lowest BCUT2D eigenvalue weighted by Gasteiger charge is -2.16. The topological polar surface area (TPSA) is 58.1 Å². The highest BCUT2D eigenvalue weighted by Crippen LogP contribution is 2.27. The zero-order valence-corrected chi connectivity index (χ0v) is 18.8. The van der Waals surface area contributed by atoms with Crippen LogP contribution in [0.2, 0.25) is 5.02 Å². The highest BCUT2D eigenvalue weighted by Gasteiger charge is 2.26. The molecule has 30 heavy (non-hydrogen) atoms. The first-order valence-corrected chi connectivity index (χ1v) is 11.3. The number of pyridine rings is 1. The Labute approximate surface area is 186 Å². The van der Waals surface area contributed by atoms with E-state index < -0.39 is 0 Å². The Morgan fingerprint density at radius 1 is 1.27 bits per heavy atom. The third-order valence-electron chi connectivity index (χ3n) is 5.26. The molecular weight excluding hydrogens is 416 g/mol. The molecule has 2 aromatic heterocycles. The molecule has 1 saturated heterocycles. The Bertz CT molecular complexity index is 1050. The molecule has 0 bridgehead atoms. The zero-order valence-electron chi connectivity index (χ0n) is 17.2. The Balaban J connectivity index is 1.38. The van der Waals surface area contributed by atoms with Gasteiger partial charge >= 0.3 is 0 Å². The molecule has 1 N–H and O–H groups in total. The molecule has 4 rings (SSSR count). The number of thiazole rings is 1. The lowest BCUT2D eigenvalue weighted by Crippen LogP contribution is -2.31. The summed E-state index contributed by atoms with van der Waals surface area (Å²) in [6.07, 6.45) is 3.62. The second-order valence-electron chi connectivity index (χ2n) is 7.89. The summed E-state index contributed by atoms with van der Waals surface area (Å²) >= 11 is 7.63. The smallest absolute Gasteiger partial charge is 0.240 e. The van der Waals surface area contributed by atoms with E-state index in [9.17, 15) is 4.79 Å². The van der Waals surface area contributed by atoms with E-state index in [2.05, 4.69) is 33.4 Å². The number of carbonyl (C=O) groups is 1. The molecule has 1 atom stereocenters. The minimum atomic E-state index is -0.0103. The van der Waals surface area contributed by atoms with E-state index in [4.69, 9.17) is 16.6 Å². The molecule has 5 nitrogen and oxygen atoms in total. The van der Waals surface area contributed by atoms with Crippen molar-refractivity contribution in [1.82, 2.24) is 14.9 Å². The third kappa shape index (κ3) is 5.45. The Hall–Kier alpha value is -2.28. The summed E-state index contributed by atoms with van der Waals surface area (Å²) in [7, 11) is 0. The van der Waals surface area contributed by atoms with Gasteiger partial charge in [-0.2, -0.15) is 0 Å². The van der Waals surface area contributed by atoms with Crippen molar-refractivity contribution in [3.05, 3.63) is 75.0 Å². The van der Waals surface area contributed by atoms with Crippen molar-refractivity contribution in [1.29, 1.82) is 0 Å². The van der Waals surface area contributed by atoms with Crippen LogP contribution in [-0.4, -0.2) is 40.4 Å². The number of aromatic nitrogens is 2. The Morgan fingerprint density at radius 2 is 2.13 bits per heavy atom. The average Bonchev–Trinajstić information content (AvgIpc) is 3.30. The largest absolute Gasteiger partial charge is 0.301 e. The van der Waals surface area contributed by atoms with Crippen LogP contribution in [0.15, 0.2) is 42.6 Å². The Morgan fingerprint density at radius 3 is 2.90 bits per heavy atom. The summed E-state index contributed by atoms with van der Waals surface area (Å²) in [4.78, 5) is 24.6. The van der Waals surface area contributed by atoms with Crippen molar-refractivity contribution in [2.75, 3.05) is 25.0 Å². The van der Waals surface area contributed by atoms with Crippen LogP contribution in [0.25, 0.3) is 0 Å². The number of hydrogen-bond acceptors (Lipinski definition) is 5. The van der Waals surface area contributed by atoms with Crippen molar-refractivity contribution in [3.63, 3.8) is 0 Å². The number of amides is 1. The maximum absolute atomic E-state index is 12.3. The van der Waals surface area contributed by atoms with Crippen LogP contribution in [0, 0.1) is 13.8 Å². The molecule has 3 aromatic rings. The quantitative estimate of drug-likeness (QED) is 0.596. The lowest BCUT2D eigenvalue weighted by atomic mass is 9.98. The first-order chi connectivity index (χ1) is 14.4. The van der Waals surface area contributed by atoms with Crippen molar-refractivity contribution in [2.24, 2.45) is 0 Å². The van der Waals surface area contributed by atoms with E-state index >= 15 is 0 Å². The predicted octanol–water partition coefficient (Wildman–Crippen LogP) is 4.83. The van der Waals surface area contributed by atoms with Gasteiger partial charge in [-0.05, 0) is 68.6 Å². The van der Waals surface area contributed by atoms with Gasteiger partial charge in [-0.1, -0.05) is 23.7 Å². The molecule has 0 aliphatic carbocycles. The molecule has 1 amide bonds. The molecule has 1 aromatic carbocycles. The summed E-state index contributed by atoms with van der Waals surface area (Å²) in [5, 5.41) is 4.32. The number of hydrogen-bond donors (Lipinski definition) is 1. The molecule has 1 unspecified atom stereocenters. The van der Waals surface area contributed by atoms with Crippen LogP contribution >= 0.6 is 22.9 Å². The first-order valence-electron chi connectivity index (χ1n) is 10.1. The molecule has 156 valence electrons. The molecule has 1 aliphatic heterocycles.